The molecule has 1 aliphatic heterocycles. The van der Waals surface area contributed by atoms with Gasteiger partial charge >= 0.3 is 0 Å². The molecule has 1 N–H and O–H groups in total. The number of ether oxygens (including phenoxy) is 2. The molecule has 3 rings (SSSR count). The minimum atomic E-state index is -0.516. The fraction of sp³-hybridized carbons (Fsp3) is 0.227. The number of amides is 3. The van der Waals surface area contributed by atoms with Gasteiger partial charge in [-0.3, -0.25) is 19.3 Å². The number of hydrogen-bond donors (Lipinski definition) is 1. The number of carbonyl (C=O) groups is 3. The molecule has 0 saturated carbocycles. The number of hydrogen-bond acceptors (Lipinski definition) is 6. The van der Waals surface area contributed by atoms with Crippen LogP contribution in [-0.4, -0.2) is 42.7 Å². The molecule has 30 heavy (non-hydrogen) atoms. The van der Waals surface area contributed by atoms with Crippen LogP contribution in [-0.2, 0) is 9.59 Å². The number of nitrogens with one attached hydrogen (secondary N) is 1. The summed E-state index contributed by atoms with van der Waals surface area (Å²) in [6, 6.07) is 10.7. The second-order valence-electron chi connectivity index (χ2n) is 6.72. The fourth-order valence-electron chi connectivity index (χ4n) is 2.88. The van der Waals surface area contributed by atoms with Gasteiger partial charge in [0.15, 0.2) is 0 Å². The first-order valence-corrected chi connectivity index (χ1v) is 9.98. The van der Waals surface area contributed by atoms with Gasteiger partial charge < -0.3 is 14.8 Å². The van der Waals surface area contributed by atoms with Crippen molar-refractivity contribution in [1.82, 2.24) is 4.90 Å². The summed E-state index contributed by atoms with van der Waals surface area (Å²) >= 11 is 0.790. The van der Waals surface area contributed by atoms with E-state index in [0.29, 0.717) is 22.7 Å². The molecular formula is C22H22N2O5S. The second-order valence-corrected chi connectivity index (χ2v) is 7.72. The first-order chi connectivity index (χ1) is 14.3. The third-order valence-electron chi connectivity index (χ3n) is 4.69. The maximum Gasteiger partial charge on any atom is 0.294 e. The largest absolute Gasteiger partial charge is 0.497 e. The van der Waals surface area contributed by atoms with Crippen LogP contribution in [0.25, 0.3) is 6.08 Å². The van der Waals surface area contributed by atoms with Gasteiger partial charge in [-0.2, -0.15) is 0 Å². The zero-order valence-corrected chi connectivity index (χ0v) is 18.0. The summed E-state index contributed by atoms with van der Waals surface area (Å²) in [5, 5.41) is 2.23. The van der Waals surface area contributed by atoms with Crippen molar-refractivity contribution in [2.24, 2.45) is 0 Å². The Morgan fingerprint density at radius 1 is 1.07 bits per heavy atom. The van der Waals surface area contributed by atoms with Crippen molar-refractivity contribution in [2.75, 3.05) is 26.1 Å². The molecular weight excluding hydrogens is 404 g/mol. The number of imide groups is 1. The topological polar surface area (TPSA) is 84.9 Å². The zero-order chi connectivity index (χ0) is 21.8. The Morgan fingerprint density at radius 2 is 1.83 bits per heavy atom. The molecule has 0 bridgehead atoms. The summed E-state index contributed by atoms with van der Waals surface area (Å²) in [6.45, 7) is 3.57. The van der Waals surface area contributed by atoms with Gasteiger partial charge in [0, 0.05) is 17.3 Å². The Hall–Kier alpha value is -3.26. The van der Waals surface area contributed by atoms with Gasteiger partial charge in [0.1, 0.15) is 18.0 Å². The van der Waals surface area contributed by atoms with Crippen LogP contribution < -0.4 is 14.8 Å². The van der Waals surface area contributed by atoms with Crippen molar-refractivity contribution in [1.29, 1.82) is 0 Å². The number of methoxy groups -OCH3 is 2. The maximum atomic E-state index is 12.7. The summed E-state index contributed by atoms with van der Waals surface area (Å²) in [5.41, 5.74) is 3.39. The number of nitrogens with zero attached hydrogens (tertiary/aromatic N) is 1. The number of anilines is 1. The van der Waals surface area contributed by atoms with E-state index in [1.165, 1.54) is 7.11 Å². The van der Waals surface area contributed by atoms with E-state index in [9.17, 15) is 14.4 Å². The lowest BCUT2D eigenvalue weighted by atomic mass is 10.1. The highest BCUT2D eigenvalue weighted by molar-refractivity contribution is 8.18. The van der Waals surface area contributed by atoms with Crippen LogP contribution >= 0.6 is 11.8 Å². The Bertz CT molecular complexity index is 1050. The minimum Gasteiger partial charge on any atom is -0.497 e. The molecule has 156 valence electrons. The number of benzene rings is 2. The predicted molar refractivity (Wildman–Crippen MR) is 117 cm³/mol. The molecule has 0 radical (unpaired) electrons. The Balaban J connectivity index is 1.73. The van der Waals surface area contributed by atoms with Crippen molar-refractivity contribution < 1.29 is 23.9 Å². The first kappa shape index (κ1) is 21.4. The van der Waals surface area contributed by atoms with E-state index < -0.39 is 17.1 Å². The van der Waals surface area contributed by atoms with Crippen LogP contribution in [0.2, 0.25) is 0 Å². The monoisotopic (exact) mass is 426 g/mol. The summed E-state index contributed by atoms with van der Waals surface area (Å²) in [4.78, 5) is 38.6. The molecule has 1 aliphatic rings. The van der Waals surface area contributed by atoms with Crippen LogP contribution in [0.5, 0.6) is 11.5 Å². The van der Waals surface area contributed by atoms with E-state index in [4.69, 9.17) is 9.47 Å². The highest BCUT2D eigenvalue weighted by atomic mass is 32.2. The molecule has 1 saturated heterocycles. The lowest BCUT2D eigenvalue weighted by molar-refractivity contribution is -0.127. The third-order valence-corrected chi connectivity index (χ3v) is 5.60. The first-order valence-electron chi connectivity index (χ1n) is 9.17. The van der Waals surface area contributed by atoms with Gasteiger partial charge in [0.25, 0.3) is 11.1 Å². The van der Waals surface area contributed by atoms with Crippen molar-refractivity contribution >= 4 is 40.6 Å². The highest BCUT2D eigenvalue weighted by Gasteiger charge is 2.36. The summed E-state index contributed by atoms with van der Waals surface area (Å²) in [6.07, 6.45) is 1.57. The van der Waals surface area contributed by atoms with E-state index in [2.05, 4.69) is 5.32 Å². The molecule has 7 nitrogen and oxygen atoms in total. The van der Waals surface area contributed by atoms with E-state index in [0.717, 1.165) is 27.8 Å². The normalized spacial score (nSPS) is 14.9. The van der Waals surface area contributed by atoms with E-state index in [1.807, 2.05) is 26.0 Å². The van der Waals surface area contributed by atoms with E-state index >= 15 is 0 Å². The second kappa shape index (κ2) is 9.04. The van der Waals surface area contributed by atoms with Gasteiger partial charge in [-0.25, -0.2) is 0 Å². The Morgan fingerprint density at radius 3 is 2.50 bits per heavy atom. The molecule has 3 amide bonds. The SMILES string of the molecule is COc1ccc(C=C2SC(=O)N(CC(=O)Nc3ccc(C)c(C)c3)C2=O)c(OC)c1. The Labute approximate surface area is 179 Å². The third kappa shape index (κ3) is 4.65. The molecule has 0 spiro atoms. The van der Waals surface area contributed by atoms with Crippen LogP contribution in [0.3, 0.4) is 0 Å². The number of aryl methyl sites for hydroxylation is 2. The van der Waals surface area contributed by atoms with Gasteiger partial charge in [0.05, 0.1) is 19.1 Å². The van der Waals surface area contributed by atoms with Crippen LogP contribution in [0.15, 0.2) is 41.3 Å². The maximum absolute atomic E-state index is 12.7. The van der Waals surface area contributed by atoms with Gasteiger partial charge in [-0.1, -0.05) is 6.07 Å². The summed E-state index contributed by atoms with van der Waals surface area (Å²) in [7, 11) is 3.05. The van der Waals surface area contributed by atoms with E-state index in [1.54, 1.807) is 37.5 Å². The Kier molecular flexibility index (Phi) is 6.47. The van der Waals surface area contributed by atoms with Crippen molar-refractivity contribution in [2.45, 2.75) is 13.8 Å². The average molecular weight is 426 g/mol. The number of carbonyl (C=O) groups excluding carboxylic acids is 3. The van der Waals surface area contributed by atoms with Gasteiger partial charge in [-0.05, 0) is 67.1 Å². The van der Waals surface area contributed by atoms with Crippen molar-refractivity contribution in [3.63, 3.8) is 0 Å². The van der Waals surface area contributed by atoms with Gasteiger partial charge in [-0.15, -0.1) is 0 Å². The van der Waals surface area contributed by atoms with Crippen molar-refractivity contribution in [3.05, 3.63) is 58.0 Å². The van der Waals surface area contributed by atoms with Crippen LogP contribution in [0.1, 0.15) is 16.7 Å². The molecule has 2 aromatic rings. The molecule has 1 heterocycles. The summed E-state index contributed by atoms with van der Waals surface area (Å²) in [5.74, 6) is 0.163. The fourth-order valence-corrected chi connectivity index (χ4v) is 3.71. The molecule has 0 aliphatic carbocycles. The quantitative estimate of drug-likeness (QED) is 0.703. The zero-order valence-electron chi connectivity index (χ0n) is 17.1. The minimum absolute atomic E-state index is 0.224. The van der Waals surface area contributed by atoms with Crippen LogP contribution in [0.4, 0.5) is 10.5 Å². The lowest BCUT2D eigenvalue weighted by Crippen LogP contribution is -2.36. The van der Waals surface area contributed by atoms with Gasteiger partial charge in [0.2, 0.25) is 5.91 Å². The molecule has 0 unspecified atom stereocenters. The lowest BCUT2D eigenvalue weighted by Gasteiger charge is -2.13. The van der Waals surface area contributed by atoms with E-state index in [-0.39, 0.29) is 11.4 Å². The molecule has 1 fully saturated rings. The molecule has 2 aromatic carbocycles. The smallest absolute Gasteiger partial charge is 0.294 e. The number of thioether (sulfide) groups is 1. The average Bonchev–Trinajstić information content (AvgIpc) is 2.98. The van der Waals surface area contributed by atoms with Crippen molar-refractivity contribution in [3.8, 4) is 11.5 Å². The predicted octanol–water partition coefficient (Wildman–Crippen LogP) is 4.00. The molecule has 0 atom stereocenters. The molecule has 8 heteroatoms. The number of rotatable bonds is 6. The highest BCUT2D eigenvalue weighted by Crippen LogP contribution is 2.35. The molecule has 0 aromatic heterocycles. The summed E-state index contributed by atoms with van der Waals surface area (Å²) < 4.78 is 10.5. The van der Waals surface area contributed by atoms with Crippen LogP contribution in [0, 0.1) is 13.8 Å². The standard InChI is InChI=1S/C22H22N2O5S/c1-13-5-7-16(9-14(13)2)23-20(25)12-24-21(26)19(30-22(24)27)10-15-6-8-17(28-3)11-18(15)29-4/h5-11H,12H2,1-4H3,(H,23,25).